The van der Waals surface area contributed by atoms with Crippen molar-refractivity contribution in [3.63, 3.8) is 0 Å². The molecule has 2 aromatic rings. The molecule has 158 valence electrons. The Hall–Kier alpha value is -2.68. The van der Waals surface area contributed by atoms with Crippen LogP contribution in [-0.2, 0) is 18.2 Å². The molecule has 1 atom stereocenters. The molecule has 2 aliphatic heterocycles. The largest absolute Gasteiger partial charge is 0.441 e. The average Bonchev–Trinajstić information content (AvgIpc) is 3.27. The maximum absolute atomic E-state index is 14.5. The smallest absolute Gasteiger partial charge is 0.407 e. The van der Waals surface area contributed by atoms with Crippen LogP contribution < -0.4 is 5.32 Å². The summed E-state index contributed by atoms with van der Waals surface area (Å²) >= 11 is 6.25. The highest BCUT2D eigenvalue weighted by Crippen LogP contribution is 2.46. The minimum Gasteiger partial charge on any atom is -0.441 e. The number of halogens is 3. The van der Waals surface area contributed by atoms with Gasteiger partial charge in [0.1, 0.15) is 17.2 Å². The van der Waals surface area contributed by atoms with Crippen molar-refractivity contribution in [1.29, 1.82) is 0 Å². The molecule has 1 aromatic heterocycles. The standard InChI is InChI=1S/C20H19ClF2N4O3/c1-26-16(13(21)7-25-26)4-15-12-2-11(22)3-14(23)17(12)18(28)27(15)8-10-5-20(6-10)9-24-19(29)30-20/h2-3,7,10,15H,4-6,8-9H2,1H3,(H,24,29)/t10?,15-,20?/m1/s1. The van der Waals surface area contributed by atoms with Crippen LogP contribution in [0.15, 0.2) is 18.3 Å². The Morgan fingerprint density at radius 2 is 2.10 bits per heavy atom. The molecule has 10 heteroatoms. The summed E-state index contributed by atoms with van der Waals surface area (Å²) in [5, 5.41) is 7.20. The number of nitrogens with zero attached hydrogens (tertiary/aromatic N) is 3. The first kappa shape index (κ1) is 19.3. The summed E-state index contributed by atoms with van der Waals surface area (Å²) < 4.78 is 35.5. The first-order valence-electron chi connectivity index (χ1n) is 9.69. The number of ether oxygens (including phenoxy) is 1. The second-order valence-electron chi connectivity index (χ2n) is 8.29. The third-order valence-corrected chi connectivity index (χ3v) is 6.65. The van der Waals surface area contributed by atoms with E-state index in [1.165, 1.54) is 12.3 Å². The van der Waals surface area contributed by atoms with Crippen LogP contribution in [0, 0.1) is 17.6 Å². The summed E-state index contributed by atoms with van der Waals surface area (Å²) in [4.78, 5) is 26.0. The monoisotopic (exact) mass is 436 g/mol. The fourth-order valence-corrected chi connectivity index (χ4v) is 5.19. The van der Waals surface area contributed by atoms with Gasteiger partial charge in [-0.25, -0.2) is 13.6 Å². The van der Waals surface area contributed by atoms with Gasteiger partial charge in [-0.05, 0) is 30.4 Å². The lowest BCUT2D eigenvalue weighted by molar-refractivity contribution is -0.0555. The Balaban J connectivity index is 1.44. The SMILES string of the molecule is Cn1ncc(Cl)c1C[C@@H]1c2cc(F)cc(F)c2C(=O)N1CC1CC2(CNC(=O)O2)C1. The molecule has 0 unspecified atom stereocenters. The Kier molecular flexibility index (Phi) is 4.29. The molecule has 0 radical (unpaired) electrons. The second kappa shape index (κ2) is 6.66. The number of carbonyl (C=O) groups is 2. The number of carbonyl (C=O) groups excluding carboxylic acids is 2. The molecule has 0 bridgehead atoms. The van der Waals surface area contributed by atoms with E-state index in [1.54, 1.807) is 16.6 Å². The molecule has 1 aliphatic carbocycles. The molecular weight excluding hydrogens is 418 g/mol. The van der Waals surface area contributed by atoms with E-state index in [1.807, 2.05) is 0 Å². The number of fused-ring (bicyclic) bond motifs is 1. The van der Waals surface area contributed by atoms with Crippen molar-refractivity contribution in [2.45, 2.75) is 30.9 Å². The molecule has 1 aromatic carbocycles. The van der Waals surface area contributed by atoms with Crippen molar-refractivity contribution in [2.75, 3.05) is 13.1 Å². The normalized spacial score (nSPS) is 27.3. The predicted molar refractivity (Wildman–Crippen MR) is 102 cm³/mol. The van der Waals surface area contributed by atoms with E-state index in [4.69, 9.17) is 16.3 Å². The third kappa shape index (κ3) is 2.94. The van der Waals surface area contributed by atoms with Crippen molar-refractivity contribution < 1.29 is 23.1 Å². The molecule has 7 nitrogen and oxygen atoms in total. The number of aromatic nitrogens is 2. The number of rotatable bonds is 4. The predicted octanol–water partition coefficient (Wildman–Crippen LogP) is 2.98. The molecule has 1 saturated heterocycles. The number of aryl methyl sites for hydroxylation is 1. The third-order valence-electron chi connectivity index (χ3n) is 6.33. The first-order valence-corrected chi connectivity index (χ1v) is 10.1. The molecule has 3 heterocycles. The Morgan fingerprint density at radius 1 is 1.33 bits per heavy atom. The fraction of sp³-hybridized carbons (Fsp3) is 0.450. The zero-order chi connectivity index (χ0) is 21.2. The fourth-order valence-electron chi connectivity index (χ4n) is 4.94. The van der Waals surface area contributed by atoms with E-state index in [9.17, 15) is 18.4 Å². The van der Waals surface area contributed by atoms with Gasteiger partial charge < -0.3 is 15.0 Å². The van der Waals surface area contributed by atoms with Gasteiger partial charge >= 0.3 is 6.09 Å². The summed E-state index contributed by atoms with van der Waals surface area (Å²) in [7, 11) is 1.73. The van der Waals surface area contributed by atoms with E-state index in [0.29, 0.717) is 42.2 Å². The van der Waals surface area contributed by atoms with E-state index in [-0.39, 0.29) is 17.9 Å². The summed E-state index contributed by atoms with van der Waals surface area (Å²) in [5.41, 5.74) is 0.381. The number of benzene rings is 1. The molecular formula is C20H19ClF2N4O3. The first-order chi connectivity index (χ1) is 14.3. The van der Waals surface area contributed by atoms with Gasteiger partial charge in [0.2, 0.25) is 0 Å². The highest BCUT2D eigenvalue weighted by Gasteiger charge is 2.53. The van der Waals surface area contributed by atoms with Crippen molar-refractivity contribution in [3.8, 4) is 0 Å². The zero-order valence-corrected chi connectivity index (χ0v) is 16.9. The van der Waals surface area contributed by atoms with Gasteiger partial charge in [-0.2, -0.15) is 5.10 Å². The van der Waals surface area contributed by atoms with Gasteiger partial charge in [-0.1, -0.05) is 11.6 Å². The zero-order valence-electron chi connectivity index (χ0n) is 16.1. The van der Waals surface area contributed by atoms with Crippen molar-refractivity contribution in [1.82, 2.24) is 20.0 Å². The molecule has 30 heavy (non-hydrogen) atoms. The number of alkyl carbamates (subject to hydrolysis) is 1. The molecule has 1 N–H and O–H groups in total. The van der Waals surface area contributed by atoms with Gasteiger partial charge in [0.25, 0.3) is 5.91 Å². The van der Waals surface area contributed by atoms with Crippen LogP contribution in [0.1, 0.15) is 40.5 Å². The van der Waals surface area contributed by atoms with Crippen LogP contribution in [0.5, 0.6) is 0 Å². The van der Waals surface area contributed by atoms with Gasteiger partial charge in [0, 0.05) is 26.1 Å². The summed E-state index contributed by atoms with van der Waals surface area (Å²) in [6.45, 7) is 0.804. The number of hydrogen-bond acceptors (Lipinski definition) is 4. The Morgan fingerprint density at radius 3 is 2.73 bits per heavy atom. The quantitative estimate of drug-likeness (QED) is 0.799. The van der Waals surface area contributed by atoms with Crippen LogP contribution in [0.3, 0.4) is 0 Å². The van der Waals surface area contributed by atoms with E-state index < -0.39 is 35.3 Å². The number of hydrogen-bond donors (Lipinski definition) is 1. The minimum atomic E-state index is -0.863. The maximum atomic E-state index is 14.5. The molecule has 1 saturated carbocycles. The minimum absolute atomic E-state index is 0.0911. The van der Waals surface area contributed by atoms with Crippen LogP contribution in [0.2, 0.25) is 5.02 Å². The van der Waals surface area contributed by atoms with Crippen LogP contribution >= 0.6 is 11.6 Å². The lowest BCUT2D eigenvalue weighted by Gasteiger charge is -2.44. The molecule has 1 spiro atoms. The van der Waals surface area contributed by atoms with Gasteiger partial charge in [0.05, 0.1) is 35.1 Å². The van der Waals surface area contributed by atoms with E-state index in [2.05, 4.69) is 10.4 Å². The summed E-state index contributed by atoms with van der Waals surface area (Å²) in [6, 6.07) is 1.39. The summed E-state index contributed by atoms with van der Waals surface area (Å²) in [6.07, 6.45) is 2.58. The topological polar surface area (TPSA) is 76.5 Å². The van der Waals surface area contributed by atoms with Gasteiger partial charge in [-0.3, -0.25) is 9.48 Å². The van der Waals surface area contributed by atoms with E-state index >= 15 is 0 Å². The molecule has 3 aliphatic rings. The molecule has 2 fully saturated rings. The average molecular weight is 437 g/mol. The second-order valence-corrected chi connectivity index (χ2v) is 8.70. The summed E-state index contributed by atoms with van der Waals surface area (Å²) in [5.74, 6) is -1.96. The van der Waals surface area contributed by atoms with Crippen molar-refractivity contribution >= 4 is 23.6 Å². The maximum Gasteiger partial charge on any atom is 0.407 e. The Bertz CT molecular complexity index is 1050. The lowest BCUT2D eigenvalue weighted by Crippen LogP contribution is -2.51. The molecule has 5 rings (SSSR count). The highest BCUT2D eigenvalue weighted by atomic mass is 35.5. The van der Waals surface area contributed by atoms with Crippen LogP contribution in [-0.4, -0.2) is 45.4 Å². The van der Waals surface area contributed by atoms with Crippen LogP contribution in [0.25, 0.3) is 0 Å². The van der Waals surface area contributed by atoms with E-state index in [0.717, 1.165) is 6.07 Å². The number of amides is 2. The lowest BCUT2D eigenvalue weighted by atomic mass is 9.70. The molecule has 2 amide bonds. The van der Waals surface area contributed by atoms with Crippen molar-refractivity contribution in [3.05, 3.63) is 51.8 Å². The Labute approximate surface area is 175 Å². The number of nitrogens with one attached hydrogen (secondary N) is 1. The highest BCUT2D eigenvalue weighted by molar-refractivity contribution is 6.31. The van der Waals surface area contributed by atoms with Crippen LogP contribution in [0.4, 0.5) is 13.6 Å². The van der Waals surface area contributed by atoms with Crippen molar-refractivity contribution in [2.24, 2.45) is 13.0 Å². The van der Waals surface area contributed by atoms with Gasteiger partial charge in [0.15, 0.2) is 0 Å². The van der Waals surface area contributed by atoms with Gasteiger partial charge in [-0.15, -0.1) is 0 Å².